The van der Waals surface area contributed by atoms with Crippen molar-refractivity contribution in [1.82, 2.24) is 4.57 Å². The van der Waals surface area contributed by atoms with Crippen molar-refractivity contribution in [1.29, 1.82) is 0 Å². The zero-order valence-corrected chi connectivity index (χ0v) is 10.1. The van der Waals surface area contributed by atoms with E-state index in [1.807, 2.05) is 42.7 Å². The van der Waals surface area contributed by atoms with E-state index in [2.05, 4.69) is 4.99 Å². The Kier molecular flexibility index (Phi) is 2.98. The molecule has 2 aromatic rings. The number of aromatic nitrogens is 1. The number of hydrogen-bond donors (Lipinski definition) is 0. The van der Waals surface area contributed by atoms with Crippen molar-refractivity contribution in [2.45, 2.75) is 19.9 Å². The molecule has 0 saturated heterocycles. The smallest absolute Gasteiger partial charge is 0.242 e. The molecule has 0 bridgehead atoms. The minimum Gasteiger partial charge on any atom is -0.497 e. The highest BCUT2D eigenvalue weighted by Gasteiger charge is 2.11. The van der Waals surface area contributed by atoms with E-state index in [1.54, 1.807) is 13.2 Å². The van der Waals surface area contributed by atoms with E-state index in [1.165, 1.54) is 0 Å². The monoisotopic (exact) mass is 230 g/mol. The summed E-state index contributed by atoms with van der Waals surface area (Å²) in [6, 6.07) is 7.89. The molecule has 88 valence electrons. The van der Waals surface area contributed by atoms with Crippen LogP contribution in [0.3, 0.4) is 0 Å². The van der Waals surface area contributed by atoms with Gasteiger partial charge in [0.1, 0.15) is 11.6 Å². The number of benzene rings is 1. The molecule has 0 spiro atoms. The summed E-state index contributed by atoms with van der Waals surface area (Å²) in [5, 5.41) is 1.01. The van der Waals surface area contributed by atoms with Crippen LogP contribution in [0.5, 0.6) is 5.75 Å². The molecule has 0 aliphatic rings. The van der Waals surface area contributed by atoms with Crippen molar-refractivity contribution < 1.29 is 9.53 Å². The Morgan fingerprint density at radius 1 is 1.35 bits per heavy atom. The summed E-state index contributed by atoms with van der Waals surface area (Å²) in [5.41, 5.74) is 1.04. The van der Waals surface area contributed by atoms with Gasteiger partial charge in [-0.3, -0.25) is 0 Å². The van der Waals surface area contributed by atoms with Gasteiger partial charge in [-0.15, -0.1) is 4.99 Å². The van der Waals surface area contributed by atoms with Gasteiger partial charge in [-0.2, -0.15) is 0 Å². The van der Waals surface area contributed by atoms with Crippen molar-refractivity contribution in [3.05, 3.63) is 24.3 Å². The number of carbonyl (C=O) groups excluding carboxylic acids is 1. The van der Waals surface area contributed by atoms with Gasteiger partial charge >= 0.3 is 0 Å². The summed E-state index contributed by atoms with van der Waals surface area (Å²) in [6.07, 6.45) is 1.59. The zero-order valence-electron chi connectivity index (χ0n) is 10.1. The van der Waals surface area contributed by atoms with E-state index in [4.69, 9.17) is 4.74 Å². The molecule has 0 radical (unpaired) electrons. The first-order valence-electron chi connectivity index (χ1n) is 5.44. The van der Waals surface area contributed by atoms with Gasteiger partial charge in [-0.05, 0) is 38.1 Å². The number of nitrogens with zero attached hydrogens (tertiary/aromatic N) is 2. The Morgan fingerprint density at radius 2 is 2.12 bits per heavy atom. The highest BCUT2D eigenvalue weighted by molar-refractivity contribution is 5.86. The topological polar surface area (TPSA) is 43.6 Å². The summed E-state index contributed by atoms with van der Waals surface area (Å²) in [6.45, 7) is 4.10. The first-order valence-corrected chi connectivity index (χ1v) is 5.44. The van der Waals surface area contributed by atoms with E-state index >= 15 is 0 Å². The number of fused-ring (bicyclic) bond motifs is 1. The third-order valence-electron chi connectivity index (χ3n) is 2.70. The van der Waals surface area contributed by atoms with Gasteiger partial charge < -0.3 is 9.30 Å². The molecule has 17 heavy (non-hydrogen) atoms. The molecule has 4 nitrogen and oxygen atoms in total. The second-order valence-corrected chi connectivity index (χ2v) is 4.09. The molecular weight excluding hydrogens is 216 g/mol. The lowest BCUT2D eigenvalue weighted by Gasteiger charge is -2.11. The second-order valence-electron chi connectivity index (χ2n) is 4.09. The molecule has 0 unspecified atom stereocenters. The predicted octanol–water partition coefficient (Wildman–Crippen LogP) is 3.20. The van der Waals surface area contributed by atoms with Gasteiger partial charge in [-0.1, -0.05) is 0 Å². The summed E-state index contributed by atoms with van der Waals surface area (Å²) < 4.78 is 7.17. The van der Waals surface area contributed by atoms with Crippen LogP contribution in [-0.2, 0) is 4.79 Å². The highest BCUT2D eigenvalue weighted by atomic mass is 16.5. The number of rotatable bonds is 3. The quantitative estimate of drug-likeness (QED) is 0.600. The fourth-order valence-corrected chi connectivity index (χ4v) is 2.00. The number of isocyanates is 1. The second kappa shape index (κ2) is 4.44. The Morgan fingerprint density at radius 3 is 2.71 bits per heavy atom. The van der Waals surface area contributed by atoms with Crippen molar-refractivity contribution in [2.24, 2.45) is 4.99 Å². The van der Waals surface area contributed by atoms with Gasteiger partial charge in [0.15, 0.2) is 0 Å². The van der Waals surface area contributed by atoms with Gasteiger partial charge in [0, 0.05) is 11.4 Å². The Balaban J connectivity index is 2.74. The average Bonchev–Trinajstić information content (AvgIpc) is 2.66. The Bertz CT molecular complexity index is 593. The molecule has 0 saturated carbocycles. The summed E-state index contributed by atoms with van der Waals surface area (Å²) in [7, 11) is 1.63. The fourth-order valence-electron chi connectivity index (χ4n) is 2.00. The molecule has 2 rings (SSSR count). The molecule has 1 aromatic heterocycles. The maximum atomic E-state index is 10.4. The predicted molar refractivity (Wildman–Crippen MR) is 66.7 cm³/mol. The molecule has 4 heteroatoms. The summed E-state index contributed by atoms with van der Waals surface area (Å²) >= 11 is 0. The van der Waals surface area contributed by atoms with Crippen LogP contribution in [0.15, 0.2) is 29.3 Å². The van der Waals surface area contributed by atoms with Crippen LogP contribution < -0.4 is 4.74 Å². The number of aliphatic imine (C=N–C) groups is 1. The van der Waals surface area contributed by atoms with Crippen molar-refractivity contribution in [2.75, 3.05) is 7.11 Å². The number of ether oxygens (including phenoxy) is 1. The SMILES string of the molecule is COc1ccc2c(c1)cc(N=C=O)n2C(C)C. The van der Waals surface area contributed by atoms with Crippen LogP contribution >= 0.6 is 0 Å². The first-order chi connectivity index (χ1) is 8.17. The van der Waals surface area contributed by atoms with Crippen LogP contribution in [-0.4, -0.2) is 17.8 Å². The van der Waals surface area contributed by atoms with Crippen molar-refractivity contribution in [3.63, 3.8) is 0 Å². The maximum absolute atomic E-state index is 10.4. The molecule has 0 fully saturated rings. The van der Waals surface area contributed by atoms with Gasteiger partial charge in [-0.25, -0.2) is 4.79 Å². The van der Waals surface area contributed by atoms with E-state index in [0.29, 0.717) is 5.82 Å². The van der Waals surface area contributed by atoms with Gasteiger partial charge in [0.2, 0.25) is 6.08 Å². The molecule has 0 aliphatic carbocycles. The largest absolute Gasteiger partial charge is 0.497 e. The van der Waals surface area contributed by atoms with Crippen LogP contribution in [0.2, 0.25) is 0 Å². The van der Waals surface area contributed by atoms with Crippen LogP contribution in [0.25, 0.3) is 10.9 Å². The van der Waals surface area contributed by atoms with Crippen molar-refractivity contribution in [3.8, 4) is 5.75 Å². The summed E-state index contributed by atoms with van der Waals surface area (Å²) in [5.74, 6) is 1.42. The van der Waals surface area contributed by atoms with Gasteiger partial charge in [0.05, 0.1) is 12.6 Å². The normalized spacial score (nSPS) is 10.6. The number of methoxy groups -OCH3 is 1. The lowest BCUT2D eigenvalue weighted by molar-refractivity contribution is 0.415. The van der Waals surface area contributed by atoms with E-state index < -0.39 is 0 Å². The standard InChI is InChI=1S/C13H14N2O2/c1-9(2)15-12-5-4-11(17-3)6-10(12)7-13(15)14-8-16/h4-7,9H,1-3H3. The zero-order chi connectivity index (χ0) is 12.4. The maximum Gasteiger partial charge on any atom is 0.242 e. The molecule has 0 aliphatic heterocycles. The van der Waals surface area contributed by atoms with Gasteiger partial charge in [0.25, 0.3) is 0 Å². The van der Waals surface area contributed by atoms with E-state index in [0.717, 1.165) is 16.7 Å². The minimum absolute atomic E-state index is 0.230. The molecule has 1 aromatic carbocycles. The lowest BCUT2D eigenvalue weighted by Crippen LogP contribution is -1.99. The molecule has 1 heterocycles. The molecule has 0 amide bonds. The molecular formula is C13H14N2O2. The van der Waals surface area contributed by atoms with E-state index in [9.17, 15) is 4.79 Å². The van der Waals surface area contributed by atoms with Crippen LogP contribution in [0.4, 0.5) is 5.82 Å². The Hall–Kier alpha value is -2.06. The first kappa shape index (κ1) is 11.4. The van der Waals surface area contributed by atoms with Crippen LogP contribution in [0.1, 0.15) is 19.9 Å². The summed E-state index contributed by atoms with van der Waals surface area (Å²) in [4.78, 5) is 14.2. The third kappa shape index (κ3) is 1.95. The average molecular weight is 230 g/mol. The molecule has 0 atom stereocenters. The fraction of sp³-hybridized carbons (Fsp3) is 0.308. The van der Waals surface area contributed by atoms with Crippen molar-refractivity contribution >= 4 is 22.8 Å². The lowest BCUT2D eigenvalue weighted by atomic mass is 10.2. The molecule has 0 N–H and O–H groups in total. The highest BCUT2D eigenvalue weighted by Crippen LogP contribution is 2.31. The Labute approximate surface area is 99.5 Å². The third-order valence-corrected chi connectivity index (χ3v) is 2.70. The van der Waals surface area contributed by atoms with Crippen LogP contribution in [0, 0.1) is 0 Å². The van der Waals surface area contributed by atoms with E-state index in [-0.39, 0.29) is 6.04 Å². The minimum atomic E-state index is 0.230. The number of hydrogen-bond acceptors (Lipinski definition) is 3.